The van der Waals surface area contributed by atoms with Crippen LogP contribution in [0.25, 0.3) is 0 Å². The van der Waals surface area contributed by atoms with Gasteiger partial charge in [0.25, 0.3) is 0 Å². The third-order valence-electron chi connectivity index (χ3n) is 3.18. The minimum absolute atomic E-state index is 0.0502. The van der Waals surface area contributed by atoms with Gasteiger partial charge in [0.05, 0.1) is 5.92 Å². The van der Waals surface area contributed by atoms with Crippen molar-refractivity contribution in [3.05, 3.63) is 23.8 Å². The first-order valence-corrected chi connectivity index (χ1v) is 6.69. The van der Waals surface area contributed by atoms with Gasteiger partial charge in [0, 0.05) is 17.0 Å². The molecule has 88 valence electrons. The Morgan fingerprint density at radius 3 is 2.62 bits per heavy atom. The van der Waals surface area contributed by atoms with Gasteiger partial charge in [-0.25, -0.2) is 0 Å². The van der Waals surface area contributed by atoms with Gasteiger partial charge >= 0.3 is 0 Å². The predicted molar refractivity (Wildman–Crippen MR) is 68.9 cm³/mol. The van der Waals surface area contributed by atoms with Gasteiger partial charge in [-0.2, -0.15) is 0 Å². The monoisotopic (exact) mass is 237 g/mol. The van der Waals surface area contributed by atoms with Crippen molar-refractivity contribution in [2.75, 3.05) is 0 Å². The number of thioether (sulfide) groups is 1. The van der Waals surface area contributed by atoms with E-state index in [0.29, 0.717) is 11.2 Å². The molecule has 0 aromatic heterocycles. The molecule has 2 heterocycles. The summed E-state index contributed by atoms with van der Waals surface area (Å²) in [6.45, 7) is 8.41. The van der Waals surface area contributed by atoms with Crippen molar-refractivity contribution in [2.45, 2.75) is 38.5 Å². The molecule has 0 saturated carbocycles. The minimum Gasteiger partial charge on any atom is -0.314 e. The second kappa shape index (κ2) is 3.95. The smallest absolute Gasteiger partial charge is 0.235 e. The fourth-order valence-electron chi connectivity index (χ4n) is 2.21. The molecule has 0 fully saturated rings. The van der Waals surface area contributed by atoms with Crippen LogP contribution in [0.15, 0.2) is 23.8 Å². The minimum atomic E-state index is -0.136. The van der Waals surface area contributed by atoms with Crippen molar-refractivity contribution in [2.24, 2.45) is 11.8 Å². The standard InChI is InChI=1S/C13H19NOS/c1-9-5-7-14(13(2,3)4)12(15)10-6-8-16-11(9)10/h5-11H,1-4H3/t9-,10+,11+/m1/s1. The third-order valence-corrected chi connectivity index (χ3v) is 4.53. The van der Waals surface area contributed by atoms with E-state index in [-0.39, 0.29) is 17.4 Å². The topological polar surface area (TPSA) is 20.3 Å². The summed E-state index contributed by atoms with van der Waals surface area (Å²) in [5, 5.41) is 2.46. The Labute approximate surface area is 102 Å². The largest absolute Gasteiger partial charge is 0.314 e. The molecule has 0 radical (unpaired) electrons. The van der Waals surface area contributed by atoms with Crippen LogP contribution < -0.4 is 0 Å². The molecule has 0 unspecified atom stereocenters. The highest BCUT2D eigenvalue weighted by molar-refractivity contribution is 8.03. The quantitative estimate of drug-likeness (QED) is 0.645. The fourth-order valence-corrected chi connectivity index (χ4v) is 3.36. The number of rotatable bonds is 0. The lowest BCUT2D eigenvalue weighted by Gasteiger charge is -2.34. The summed E-state index contributed by atoms with van der Waals surface area (Å²) in [6.07, 6.45) is 6.19. The van der Waals surface area contributed by atoms with Crippen LogP contribution in [0.1, 0.15) is 27.7 Å². The van der Waals surface area contributed by atoms with E-state index in [0.717, 1.165) is 0 Å². The van der Waals surface area contributed by atoms with E-state index in [2.05, 4.69) is 45.3 Å². The molecular formula is C13H19NOS. The Kier molecular flexibility index (Phi) is 2.91. The third kappa shape index (κ3) is 1.93. The Morgan fingerprint density at radius 2 is 2.00 bits per heavy atom. The summed E-state index contributed by atoms with van der Waals surface area (Å²) >= 11 is 1.78. The Bertz CT molecular complexity index is 353. The molecule has 0 spiro atoms. The first kappa shape index (κ1) is 11.8. The molecule has 0 bridgehead atoms. The molecule has 16 heavy (non-hydrogen) atoms. The van der Waals surface area contributed by atoms with Crippen LogP contribution in [-0.4, -0.2) is 21.6 Å². The number of carbonyl (C=O) groups excluding carboxylic acids is 1. The summed E-state index contributed by atoms with van der Waals surface area (Å²) in [7, 11) is 0. The SMILES string of the molecule is C[C@@H]1C=CN(C(C)(C)C)C(=O)[C@H]2C=CS[C@@H]12. The zero-order valence-corrected chi connectivity index (χ0v) is 11.1. The second-order valence-corrected chi connectivity index (χ2v) is 6.62. The summed E-state index contributed by atoms with van der Waals surface area (Å²) in [5.74, 6) is 0.731. The van der Waals surface area contributed by atoms with Crippen molar-refractivity contribution in [3.63, 3.8) is 0 Å². The summed E-state index contributed by atoms with van der Waals surface area (Å²) < 4.78 is 0. The number of amides is 1. The van der Waals surface area contributed by atoms with Crippen LogP contribution in [0, 0.1) is 11.8 Å². The highest BCUT2D eigenvalue weighted by Crippen LogP contribution is 2.39. The zero-order valence-electron chi connectivity index (χ0n) is 10.3. The molecule has 0 saturated heterocycles. The van der Waals surface area contributed by atoms with E-state index in [1.165, 1.54) is 0 Å². The van der Waals surface area contributed by atoms with Gasteiger partial charge in [-0.15, -0.1) is 11.8 Å². The molecule has 3 heteroatoms. The molecule has 0 N–H and O–H groups in total. The Balaban J connectivity index is 2.33. The van der Waals surface area contributed by atoms with Crippen LogP contribution in [0.2, 0.25) is 0 Å². The summed E-state index contributed by atoms with van der Waals surface area (Å²) in [6, 6.07) is 0. The molecule has 0 aromatic rings. The number of allylic oxidation sites excluding steroid dienone is 1. The lowest BCUT2D eigenvalue weighted by atomic mass is 9.94. The highest BCUT2D eigenvalue weighted by Gasteiger charge is 2.39. The van der Waals surface area contributed by atoms with Gasteiger partial charge in [0.1, 0.15) is 0 Å². The number of nitrogens with zero attached hydrogens (tertiary/aromatic N) is 1. The molecule has 1 amide bonds. The number of hydrogen-bond donors (Lipinski definition) is 0. The van der Waals surface area contributed by atoms with Crippen LogP contribution in [0.4, 0.5) is 0 Å². The van der Waals surface area contributed by atoms with Crippen LogP contribution in [0.5, 0.6) is 0 Å². The van der Waals surface area contributed by atoms with Gasteiger partial charge in [0.15, 0.2) is 0 Å². The maximum atomic E-state index is 12.4. The summed E-state index contributed by atoms with van der Waals surface area (Å²) in [4.78, 5) is 14.3. The average Bonchev–Trinajstić information content (AvgIpc) is 2.59. The highest BCUT2D eigenvalue weighted by atomic mass is 32.2. The molecule has 0 aliphatic carbocycles. The van der Waals surface area contributed by atoms with E-state index < -0.39 is 0 Å². The van der Waals surface area contributed by atoms with E-state index in [9.17, 15) is 4.79 Å². The molecular weight excluding hydrogens is 218 g/mol. The molecule has 2 nitrogen and oxygen atoms in total. The maximum absolute atomic E-state index is 12.4. The van der Waals surface area contributed by atoms with E-state index in [1.807, 2.05) is 11.1 Å². The van der Waals surface area contributed by atoms with Gasteiger partial charge < -0.3 is 4.90 Å². The zero-order chi connectivity index (χ0) is 11.9. The second-order valence-electron chi connectivity index (χ2n) is 5.53. The molecule has 0 aromatic carbocycles. The maximum Gasteiger partial charge on any atom is 0.235 e. The van der Waals surface area contributed by atoms with Crippen molar-refractivity contribution >= 4 is 17.7 Å². The lowest BCUT2D eigenvalue weighted by molar-refractivity contribution is -0.134. The van der Waals surface area contributed by atoms with Crippen LogP contribution >= 0.6 is 11.8 Å². The van der Waals surface area contributed by atoms with Crippen molar-refractivity contribution in [1.29, 1.82) is 0 Å². The summed E-state index contributed by atoms with van der Waals surface area (Å²) in [5.41, 5.74) is -0.136. The van der Waals surface area contributed by atoms with E-state index >= 15 is 0 Å². The van der Waals surface area contributed by atoms with Crippen molar-refractivity contribution in [1.82, 2.24) is 4.90 Å². The lowest BCUT2D eigenvalue weighted by Crippen LogP contribution is -2.45. The molecule has 2 aliphatic rings. The number of hydrogen-bond acceptors (Lipinski definition) is 2. The number of carbonyl (C=O) groups is 1. The van der Waals surface area contributed by atoms with Gasteiger partial charge in [0.2, 0.25) is 5.91 Å². The van der Waals surface area contributed by atoms with Crippen LogP contribution in [0.3, 0.4) is 0 Å². The molecule has 3 atom stereocenters. The first-order valence-electron chi connectivity index (χ1n) is 5.75. The predicted octanol–water partition coefficient (Wildman–Crippen LogP) is 3.02. The number of fused-ring (bicyclic) bond motifs is 1. The van der Waals surface area contributed by atoms with Gasteiger partial charge in [-0.3, -0.25) is 4.79 Å². The fraction of sp³-hybridized carbons (Fsp3) is 0.615. The first-order chi connectivity index (χ1) is 7.41. The van der Waals surface area contributed by atoms with E-state index in [1.54, 1.807) is 11.8 Å². The van der Waals surface area contributed by atoms with Crippen molar-refractivity contribution in [3.8, 4) is 0 Å². The molecule has 2 rings (SSSR count). The normalized spacial score (nSPS) is 34.1. The van der Waals surface area contributed by atoms with E-state index in [4.69, 9.17) is 0 Å². The Hall–Kier alpha value is -0.700. The average molecular weight is 237 g/mol. The van der Waals surface area contributed by atoms with Gasteiger partial charge in [-0.1, -0.05) is 19.1 Å². The van der Waals surface area contributed by atoms with Gasteiger partial charge in [-0.05, 0) is 32.1 Å². The van der Waals surface area contributed by atoms with Crippen LogP contribution in [-0.2, 0) is 4.79 Å². The Morgan fingerprint density at radius 1 is 1.31 bits per heavy atom. The van der Waals surface area contributed by atoms with Crippen molar-refractivity contribution < 1.29 is 4.79 Å². The molecule has 2 aliphatic heterocycles.